The number of nitrogens with zero attached hydrogens (tertiary/aromatic N) is 1. The fourth-order valence-corrected chi connectivity index (χ4v) is 1.62. The van der Waals surface area contributed by atoms with Crippen LogP contribution in [0.25, 0.3) is 0 Å². The lowest BCUT2D eigenvalue weighted by Crippen LogP contribution is -2.41. The van der Waals surface area contributed by atoms with Gasteiger partial charge in [-0.1, -0.05) is 0 Å². The minimum atomic E-state index is -1.66. The summed E-state index contributed by atoms with van der Waals surface area (Å²) >= 11 is 0. The van der Waals surface area contributed by atoms with Gasteiger partial charge in [-0.05, 0) is 26.0 Å². The van der Waals surface area contributed by atoms with Crippen molar-refractivity contribution in [3.8, 4) is 0 Å². The second-order valence-corrected chi connectivity index (χ2v) is 4.51. The van der Waals surface area contributed by atoms with Crippen molar-refractivity contribution in [3.05, 3.63) is 29.6 Å². The van der Waals surface area contributed by atoms with Crippen molar-refractivity contribution in [3.63, 3.8) is 0 Å². The van der Waals surface area contributed by atoms with E-state index in [1.165, 1.54) is 11.8 Å². The van der Waals surface area contributed by atoms with Crippen molar-refractivity contribution in [2.24, 2.45) is 0 Å². The number of nitrogens with one attached hydrogen (secondary N) is 1. The highest BCUT2D eigenvalue weighted by Gasteiger charge is 2.19. The summed E-state index contributed by atoms with van der Waals surface area (Å²) in [5.41, 5.74) is -0.471. The normalized spacial score (nSPS) is 10.6. The van der Waals surface area contributed by atoms with Crippen LogP contribution in [-0.2, 0) is 9.59 Å². The van der Waals surface area contributed by atoms with E-state index in [2.05, 4.69) is 5.32 Å². The van der Waals surface area contributed by atoms with Gasteiger partial charge in [-0.15, -0.1) is 0 Å². The van der Waals surface area contributed by atoms with E-state index in [9.17, 15) is 22.8 Å². The molecule has 0 fully saturated rings. The Hall–Kier alpha value is -2.05. The maximum absolute atomic E-state index is 13.4. The first-order valence-electron chi connectivity index (χ1n) is 5.94. The highest BCUT2D eigenvalue weighted by Crippen LogP contribution is 2.19. The van der Waals surface area contributed by atoms with E-state index < -0.39 is 29.0 Å². The molecule has 0 spiro atoms. The molecule has 2 amide bonds. The molecule has 0 aliphatic carbocycles. The summed E-state index contributed by atoms with van der Waals surface area (Å²) in [5.74, 6) is -5.49. The Morgan fingerprint density at radius 3 is 2.30 bits per heavy atom. The molecule has 0 radical (unpaired) electrons. The first-order valence-corrected chi connectivity index (χ1v) is 5.94. The molecule has 0 bridgehead atoms. The van der Waals surface area contributed by atoms with E-state index in [0.29, 0.717) is 6.07 Å². The molecule has 0 saturated heterocycles. The Morgan fingerprint density at radius 1 is 1.20 bits per heavy atom. The Kier molecular flexibility index (Phi) is 5.12. The lowest BCUT2D eigenvalue weighted by molar-refractivity contribution is -0.134. The molecule has 0 aliphatic heterocycles. The predicted octanol–water partition coefficient (Wildman–Crippen LogP) is 2.30. The lowest BCUT2D eigenvalue weighted by Gasteiger charge is -2.24. The van der Waals surface area contributed by atoms with Crippen molar-refractivity contribution >= 4 is 17.5 Å². The van der Waals surface area contributed by atoms with Crippen LogP contribution in [0.5, 0.6) is 0 Å². The van der Waals surface area contributed by atoms with Gasteiger partial charge in [0.15, 0.2) is 17.5 Å². The summed E-state index contributed by atoms with van der Waals surface area (Å²) in [5, 5.41) is 2.10. The standard InChI is InChI=1S/C13H15F3N2O2/c1-7(2)18(8(3)19)6-11(20)17-10-5-4-9(14)12(15)13(10)16/h4-5,7H,6H2,1-3H3,(H,17,20). The van der Waals surface area contributed by atoms with Crippen molar-refractivity contribution in [2.45, 2.75) is 26.8 Å². The second kappa shape index (κ2) is 6.40. The quantitative estimate of drug-likeness (QED) is 0.864. The lowest BCUT2D eigenvalue weighted by atomic mass is 10.2. The van der Waals surface area contributed by atoms with Gasteiger partial charge in [0, 0.05) is 13.0 Å². The third-order valence-corrected chi connectivity index (χ3v) is 2.65. The fourth-order valence-electron chi connectivity index (χ4n) is 1.62. The SMILES string of the molecule is CC(=O)N(CC(=O)Nc1ccc(F)c(F)c1F)C(C)C. The molecule has 0 aromatic heterocycles. The van der Waals surface area contributed by atoms with E-state index in [1.807, 2.05) is 0 Å². The van der Waals surface area contributed by atoms with Crippen molar-refractivity contribution in [1.82, 2.24) is 4.90 Å². The van der Waals surface area contributed by atoms with Gasteiger partial charge in [0.05, 0.1) is 5.69 Å². The zero-order valence-electron chi connectivity index (χ0n) is 11.3. The summed E-state index contributed by atoms with van der Waals surface area (Å²) in [6, 6.07) is 1.41. The van der Waals surface area contributed by atoms with Gasteiger partial charge in [-0.25, -0.2) is 13.2 Å². The minimum absolute atomic E-state index is 0.215. The molecule has 1 N–H and O–H groups in total. The van der Waals surface area contributed by atoms with Crippen LogP contribution in [0, 0.1) is 17.5 Å². The number of carbonyl (C=O) groups excluding carboxylic acids is 2. The topological polar surface area (TPSA) is 49.4 Å². The highest BCUT2D eigenvalue weighted by molar-refractivity contribution is 5.94. The number of rotatable bonds is 4. The molecule has 7 heteroatoms. The number of hydrogen-bond donors (Lipinski definition) is 1. The highest BCUT2D eigenvalue weighted by atomic mass is 19.2. The molecule has 1 rings (SSSR count). The van der Waals surface area contributed by atoms with E-state index in [-0.39, 0.29) is 18.5 Å². The van der Waals surface area contributed by atoms with Gasteiger partial charge in [0.2, 0.25) is 11.8 Å². The first-order chi connectivity index (χ1) is 9.23. The molecule has 0 aliphatic rings. The molecular formula is C13H15F3N2O2. The molecule has 110 valence electrons. The van der Waals surface area contributed by atoms with Gasteiger partial charge in [-0.2, -0.15) is 0 Å². The molecule has 0 heterocycles. The molecule has 1 aromatic rings. The van der Waals surface area contributed by atoms with Crippen LogP contribution in [0.4, 0.5) is 18.9 Å². The van der Waals surface area contributed by atoms with Gasteiger partial charge < -0.3 is 10.2 Å². The molecule has 20 heavy (non-hydrogen) atoms. The summed E-state index contributed by atoms with van der Waals surface area (Å²) < 4.78 is 39.1. The zero-order valence-corrected chi connectivity index (χ0v) is 11.3. The summed E-state index contributed by atoms with van der Waals surface area (Å²) in [4.78, 5) is 24.3. The van der Waals surface area contributed by atoms with Crippen LogP contribution >= 0.6 is 0 Å². The number of hydrogen-bond acceptors (Lipinski definition) is 2. The fraction of sp³-hybridized carbons (Fsp3) is 0.385. The largest absolute Gasteiger partial charge is 0.331 e. The van der Waals surface area contributed by atoms with Crippen LogP contribution in [0.1, 0.15) is 20.8 Å². The minimum Gasteiger partial charge on any atom is -0.331 e. The maximum Gasteiger partial charge on any atom is 0.244 e. The van der Waals surface area contributed by atoms with E-state index in [1.54, 1.807) is 13.8 Å². The van der Waals surface area contributed by atoms with E-state index in [4.69, 9.17) is 0 Å². The van der Waals surface area contributed by atoms with Gasteiger partial charge >= 0.3 is 0 Å². The summed E-state index contributed by atoms with van der Waals surface area (Å²) in [7, 11) is 0. The first kappa shape index (κ1) is 16.0. The summed E-state index contributed by atoms with van der Waals surface area (Å²) in [6.07, 6.45) is 0. The monoisotopic (exact) mass is 288 g/mol. The van der Waals surface area contributed by atoms with Crippen molar-refractivity contribution < 1.29 is 22.8 Å². The Bertz CT molecular complexity index is 533. The van der Waals surface area contributed by atoms with E-state index in [0.717, 1.165) is 6.07 Å². The van der Waals surface area contributed by atoms with Gasteiger partial charge in [0.1, 0.15) is 6.54 Å². The molecule has 0 saturated carbocycles. The van der Waals surface area contributed by atoms with E-state index >= 15 is 0 Å². The number of benzene rings is 1. The molecular weight excluding hydrogens is 273 g/mol. The maximum atomic E-state index is 13.4. The number of halogens is 3. The Labute approximate surface area is 114 Å². The van der Waals surface area contributed by atoms with Crippen LogP contribution < -0.4 is 5.32 Å². The Morgan fingerprint density at radius 2 is 1.80 bits per heavy atom. The third kappa shape index (κ3) is 3.72. The third-order valence-electron chi connectivity index (χ3n) is 2.65. The van der Waals surface area contributed by atoms with Gasteiger partial charge in [0.25, 0.3) is 0 Å². The smallest absolute Gasteiger partial charge is 0.244 e. The predicted molar refractivity (Wildman–Crippen MR) is 67.5 cm³/mol. The molecule has 4 nitrogen and oxygen atoms in total. The van der Waals surface area contributed by atoms with Gasteiger partial charge in [-0.3, -0.25) is 9.59 Å². The number of carbonyl (C=O) groups is 2. The van der Waals surface area contributed by atoms with Crippen LogP contribution in [-0.4, -0.2) is 29.3 Å². The molecule has 0 atom stereocenters. The average molecular weight is 288 g/mol. The second-order valence-electron chi connectivity index (χ2n) is 4.51. The zero-order chi connectivity index (χ0) is 15.4. The summed E-state index contributed by atoms with van der Waals surface area (Å²) in [6.45, 7) is 4.43. The van der Waals surface area contributed by atoms with Crippen LogP contribution in [0.3, 0.4) is 0 Å². The number of amides is 2. The van der Waals surface area contributed by atoms with Crippen LogP contribution in [0.15, 0.2) is 12.1 Å². The molecule has 1 aromatic carbocycles. The molecule has 0 unspecified atom stereocenters. The Balaban J connectivity index is 2.81. The number of anilines is 1. The average Bonchev–Trinajstić information content (AvgIpc) is 2.36. The van der Waals surface area contributed by atoms with Crippen molar-refractivity contribution in [2.75, 3.05) is 11.9 Å². The van der Waals surface area contributed by atoms with Crippen molar-refractivity contribution in [1.29, 1.82) is 0 Å². The van der Waals surface area contributed by atoms with Crippen LogP contribution in [0.2, 0.25) is 0 Å².